The Morgan fingerprint density at radius 2 is 2.06 bits per heavy atom. The topological polar surface area (TPSA) is 55.4 Å². The number of halogens is 3. The molecule has 0 aromatic heterocycles. The van der Waals surface area contributed by atoms with Gasteiger partial charge in [0.05, 0.1) is 12.4 Å². The lowest BCUT2D eigenvalue weighted by atomic mass is 10.0. The molecule has 1 aliphatic heterocycles. The van der Waals surface area contributed by atoms with Gasteiger partial charge in [0.1, 0.15) is 0 Å². The molecule has 0 spiro atoms. The summed E-state index contributed by atoms with van der Waals surface area (Å²) in [7, 11) is -3.92. The second-order valence-electron chi connectivity index (χ2n) is 4.16. The number of nitrogens with one attached hydrogen (secondary N) is 1. The molecule has 0 aliphatic carbocycles. The Balaban J connectivity index is 2.81. The first-order valence-electron chi connectivity index (χ1n) is 5.38. The van der Waals surface area contributed by atoms with Gasteiger partial charge in [-0.15, -0.1) is 0 Å². The molecule has 0 aromatic rings. The Hall–Kier alpha value is -0.340. The third-order valence-corrected chi connectivity index (χ3v) is 4.21. The summed E-state index contributed by atoms with van der Waals surface area (Å²) in [5, 5.41) is 0. The lowest BCUT2D eigenvalue weighted by molar-refractivity contribution is -0.189. The van der Waals surface area contributed by atoms with Gasteiger partial charge in [-0.25, -0.2) is 8.42 Å². The average Bonchev–Trinajstić information content (AvgIpc) is 2.63. The van der Waals surface area contributed by atoms with E-state index in [-0.39, 0.29) is 18.8 Å². The van der Waals surface area contributed by atoms with Crippen molar-refractivity contribution in [3.63, 3.8) is 0 Å². The van der Waals surface area contributed by atoms with Crippen molar-refractivity contribution in [1.82, 2.24) is 4.72 Å². The van der Waals surface area contributed by atoms with Crippen molar-refractivity contribution in [2.24, 2.45) is 0 Å². The van der Waals surface area contributed by atoms with E-state index in [2.05, 4.69) is 0 Å². The minimum Gasteiger partial charge on any atom is -0.379 e. The number of ether oxygens (including phenoxy) is 1. The number of unbranched alkanes of at least 4 members (excludes halogenated alkanes) is 1. The van der Waals surface area contributed by atoms with E-state index in [1.165, 1.54) is 0 Å². The second kappa shape index (κ2) is 5.11. The monoisotopic (exact) mass is 275 g/mol. The Kier molecular flexibility index (Phi) is 4.43. The van der Waals surface area contributed by atoms with Crippen LogP contribution in [0, 0.1) is 0 Å². The fourth-order valence-corrected chi connectivity index (χ4v) is 3.25. The van der Waals surface area contributed by atoms with Gasteiger partial charge in [-0.05, 0) is 6.42 Å². The van der Waals surface area contributed by atoms with Gasteiger partial charge in [-0.3, -0.25) is 0 Å². The van der Waals surface area contributed by atoms with Crippen molar-refractivity contribution < 1.29 is 26.3 Å². The van der Waals surface area contributed by atoms with Crippen LogP contribution >= 0.6 is 0 Å². The zero-order valence-electron chi connectivity index (χ0n) is 9.51. The average molecular weight is 275 g/mol. The number of rotatable bonds is 5. The Morgan fingerprint density at radius 1 is 1.41 bits per heavy atom. The van der Waals surface area contributed by atoms with E-state index >= 15 is 0 Å². The molecule has 0 radical (unpaired) electrons. The number of hydrogen-bond acceptors (Lipinski definition) is 3. The van der Waals surface area contributed by atoms with E-state index in [4.69, 9.17) is 4.74 Å². The molecule has 1 N–H and O–H groups in total. The summed E-state index contributed by atoms with van der Waals surface area (Å²) in [5.41, 5.74) is -2.44. The van der Waals surface area contributed by atoms with Crippen LogP contribution in [0.2, 0.25) is 0 Å². The lowest BCUT2D eigenvalue weighted by Gasteiger charge is -2.30. The largest absolute Gasteiger partial charge is 0.409 e. The fraction of sp³-hybridized carbons (Fsp3) is 1.00. The molecule has 1 rings (SSSR count). The van der Waals surface area contributed by atoms with Crippen molar-refractivity contribution in [2.75, 3.05) is 19.0 Å². The van der Waals surface area contributed by atoms with E-state index < -0.39 is 28.3 Å². The molecule has 102 valence electrons. The van der Waals surface area contributed by atoms with Gasteiger partial charge in [0.15, 0.2) is 5.54 Å². The molecular formula is C9H16F3NO3S. The molecule has 1 aliphatic rings. The highest BCUT2D eigenvalue weighted by Gasteiger charge is 2.58. The molecule has 1 atom stereocenters. The Morgan fingerprint density at radius 3 is 2.47 bits per heavy atom. The normalized spacial score (nSPS) is 26.4. The summed E-state index contributed by atoms with van der Waals surface area (Å²) in [5.74, 6) is -0.290. The summed E-state index contributed by atoms with van der Waals surface area (Å²) in [6.45, 7) is 1.03. The Labute approximate surface area is 98.6 Å². The maximum absolute atomic E-state index is 12.9. The van der Waals surface area contributed by atoms with Crippen LogP contribution in [0.4, 0.5) is 13.2 Å². The van der Waals surface area contributed by atoms with Crippen LogP contribution in [0.3, 0.4) is 0 Å². The minimum atomic E-state index is -4.64. The third-order valence-electron chi connectivity index (χ3n) is 2.68. The summed E-state index contributed by atoms with van der Waals surface area (Å²) >= 11 is 0. The summed E-state index contributed by atoms with van der Waals surface area (Å²) < 4.78 is 68.1. The van der Waals surface area contributed by atoms with E-state index in [1.54, 1.807) is 11.6 Å². The van der Waals surface area contributed by atoms with Gasteiger partial charge < -0.3 is 4.74 Å². The van der Waals surface area contributed by atoms with E-state index in [0.717, 1.165) is 0 Å². The standard InChI is InChI=1S/C9H16F3NO3S/c1-2-3-6-17(14,15)13-8(9(10,11)12)4-5-16-7-8/h13H,2-7H2,1H3. The van der Waals surface area contributed by atoms with Gasteiger partial charge >= 0.3 is 6.18 Å². The first kappa shape index (κ1) is 14.7. The first-order chi connectivity index (χ1) is 7.72. The molecule has 1 heterocycles. The van der Waals surface area contributed by atoms with Crippen LogP contribution in [-0.4, -0.2) is 39.1 Å². The molecule has 0 bridgehead atoms. The highest BCUT2D eigenvalue weighted by atomic mass is 32.2. The van der Waals surface area contributed by atoms with Crippen molar-refractivity contribution in [3.05, 3.63) is 0 Å². The number of sulfonamides is 1. The lowest BCUT2D eigenvalue weighted by Crippen LogP contribution is -2.59. The van der Waals surface area contributed by atoms with Gasteiger partial charge in [-0.1, -0.05) is 13.3 Å². The van der Waals surface area contributed by atoms with E-state index in [1.807, 2.05) is 0 Å². The fourth-order valence-electron chi connectivity index (χ4n) is 1.61. The second-order valence-corrected chi connectivity index (χ2v) is 6.00. The Bertz CT molecular complexity index is 347. The van der Waals surface area contributed by atoms with E-state index in [0.29, 0.717) is 12.8 Å². The van der Waals surface area contributed by atoms with Gasteiger partial charge in [-0.2, -0.15) is 17.9 Å². The molecule has 1 fully saturated rings. The minimum absolute atomic E-state index is 0.0875. The SMILES string of the molecule is CCCCS(=O)(=O)NC1(C(F)(F)F)CCOC1. The van der Waals surface area contributed by atoms with Crippen LogP contribution in [-0.2, 0) is 14.8 Å². The zero-order chi connectivity index (χ0) is 13.2. The van der Waals surface area contributed by atoms with Gasteiger partial charge in [0.25, 0.3) is 0 Å². The first-order valence-corrected chi connectivity index (χ1v) is 7.04. The molecule has 0 amide bonds. The van der Waals surface area contributed by atoms with Crippen LogP contribution < -0.4 is 4.72 Å². The van der Waals surface area contributed by atoms with Crippen molar-refractivity contribution in [2.45, 2.75) is 37.9 Å². The summed E-state index contributed by atoms with van der Waals surface area (Å²) in [6.07, 6.45) is -4.06. The molecule has 8 heteroatoms. The summed E-state index contributed by atoms with van der Waals surface area (Å²) in [6, 6.07) is 0. The molecule has 0 saturated carbocycles. The smallest absolute Gasteiger partial charge is 0.379 e. The highest BCUT2D eigenvalue weighted by Crippen LogP contribution is 2.37. The molecule has 4 nitrogen and oxygen atoms in total. The maximum Gasteiger partial charge on any atom is 0.409 e. The zero-order valence-corrected chi connectivity index (χ0v) is 10.3. The van der Waals surface area contributed by atoms with Crippen LogP contribution in [0.5, 0.6) is 0 Å². The third kappa shape index (κ3) is 3.56. The molecule has 17 heavy (non-hydrogen) atoms. The van der Waals surface area contributed by atoms with Gasteiger partial charge in [0, 0.05) is 13.0 Å². The van der Waals surface area contributed by atoms with Crippen LogP contribution in [0.1, 0.15) is 26.2 Å². The van der Waals surface area contributed by atoms with Gasteiger partial charge in [0.2, 0.25) is 10.0 Å². The number of alkyl halides is 3. The number of hydrogen-bond donors (Lipinski definition) is 1. The molecule has 0 aromatic carbocycles. The molecule has 1 saturated heterocycles. The highest BCUT2D eigenvalue weighted by molar-refractivity contribution is 7.89. The van der Waals surface area contributed by atoms with Crippen molar-refractivity contribution in [3.8, 4) is 0 Å². The molecule has 1 unspecified atom stereocenters. The molecular weight excluding hydrogens is 259 g/mol. The van der Waals surface area contributed by atoms with E-state index in [9.17, 15) is 21.6 Å². The predicted molar refractivity (Wildman–Crippen MR) is 56.1 cm³/mol. The van der Waals surface area contributed by atoms with Crippen molar-refractivity contribution >= 4 is 10.0 Å². The van der Waals surface area contributed by atoms with Crippen LogP contribution in [0.25, 0.3) is 0 Å². The quantitative estimate of drug-likeness (QED) is 0.825. The van der Waals surface area contributed by atoms with Crippen molar-refractivity contribution in [1.29, 1.82) is 0 Å². The maximum atomic E-state index is 12.9. The predicted octanol–water partition coefficient (Wildman–Crippen LogP) is 1.43. The summed E-state index contributed by atoms with van der Waals surface area (Å²) in [4.78, 5) is 0. The van der Waals surface area contributed by atoms with Crippen LogP contribution in [0.15, 0.2) is 0 Å².